The van der Waals surface area contributed by atoms with Crippen molar-refractivity contribution in [3.8, 4) is 0 Å². The molecule has 0 saturated heterocycles. The fourth-order valence-corrected chi connectivity index (χ4v) is 2.72. The van der Waals surface area contributed by atoms with Crippen LogP contribution in [-0.2, 0) is 9.59 Å². The minimum atomic E-state index is -0.635. The highest BCUT2D eigenvalue weighted by molar-refractivity contribution is 5.98. The van der Waals surface area contributed by atoms with E-state index in [1.807, 2.05) is 32.9 Å². The fourth-order valence-electron chi connectivity index (χ4n) is 2.72. The summed E-state index contributed by atoms with van der Waals surface area (Å²) < 4.78 is 14.0. The van der Waals surface area contributed by atoms with Gasteiger partial charge in [0.25, 0.3) is 5.91 Å². The van der Waals surface area contributed by atoms with E-state index in [2.05, 4.69) is 10.6 Å². The Labute approximate surface area is 170 Å². The van der Waals surface area contributed by atoms with Gasteiger partial charge in [0.15, 0.2) is 0 Å². The summed E-state index contributed by atoms with van der Waals surface area (Å²) in [5.41, 5.74) is 1.62. The molecule has 0 aliphatic rings. The summed E-state index contributed by atoms with van der Waals surface area (Å²) in [4.78, 5) is 38.2. The van der Waals surface area contributed by atoms with Gasteiger partial charge in [-0.25, -0.2) is 4.39 Å². The first kappa shape index (κ1) is 22.1. The van der Waals surface area contributed by atoms with Crippen LogP contribution in [0.1, 0.15) is 29.8 Å². The highest BCUT2D eigenvalue weighted by atomic mass is 19.1. The zero-order valence-corrected chi connectivity index (χ0v) is 16.9. The van der Waals surface area contributed by atoms with Gasteiger partial charge in [0.05, 0.1) is 18.7 Å². The molecule has 0 atom stereocenters. The molecule has 0 heterocycles. The smallest absolute Gasteiger partial charge is 0.257 e. The van der Waals surface area contributed by atoms with E-state index in [4.69, 9.17) is 0 Å². The monoisotopic (exact) mass is 399 g/mol. The third-order valence-electron chi connectivity index (χ3n) is 4.09. The molecule has 2 rings (SSSR count). The number of nitrogens with one attached hydrogen (secondary N) is 2. The average Bonchev–Trinajstić information content (AvgIpc) is 2.67. The van der Waals surface area contributed by atoms with E-state index in [0.29, 0.717) is 5.69 Å². The van der Waals surface area contributed by atoms with Gasteiger partial charge in [0.2, 0.25) is 11.8 Å². The maximum absolute atomic E-state index is 14.0. The van der Waals surface area contributed by atoms with E-state index < -0.39 is 17.6 Å². The zero-order chi connectivity index (χ0) is 21.4. The molecular weight excluding hydrogens is 373 g/mol. The molecule has 0 aromatic heterocycles. The molecule has 0 bridgehead atoms. The number of aryl methyl sites for hydroxylation is 1. The molecule has 3 amide bonds. The van der Waals surface area contributed by atoms with Gasteiger partial charge in [0.1, 0.15) is 5.82 Å². The lowest BCUT2D eigenvalue weighted by Gasteiger charge is -2.24. The quantitative estimate of drug-likeness (QED) is 0.716. The topological polar surface area (TPSA) is 78.5 Å². The number of hydrogen-bond acceptors (Lipinski definition) is 3. The minimum Gasteiger partial charge on any atom is -0.345 e. The lowest BCUT2D eigenvalue weighted by atomic mass is 10.1. The molecule has 7 heteroatoms. The van der Waals surface area contributed by atoms with E-state index in [0.717, 1.165) is 5.56 Å². The lowest BCUT2D eigenvalue weighted by molar-refractivity contribution is -0.124. The number of benzene rings is 2. The number of nitrogens with zero attached hydrogens (tertiary/aromatic N) is 1. The molecule has 0 saturated carbocycles. The van der Waals surface area contributed by atoms with Crippen molar-refractivity contribution in [3.05, 3.63) is 65.5 Å². The number of anilines is 1. The van der Waals surface area contributed by atoms with Crippen molar-refractivity contribution < 1.29 is 18.8 Å². The van der Waals surface area contributed by atoms with Crippen molar-refractivity contribution in [2.75, 3.05) is 25.0 Å². The van der Waals surface area contributed by atoms with Gasteiger partial charge in [-0.3, -0.25) is 14.4 Å². The van der Waals surface area contributed by atoms with Crippen molar-refractivity contribution in [1.29, 1.82) is 0 Å². The van der Waals surface area contributed by atoms with Gasteiger partial charge >= 0.3 is 0 Å². The Morgan fingerprint density at radius 2 is 1.66 bits per heavy atom. The van der Waals surface area contributed by atoms with Crippen LogP contribution in [0.25, 0.3) is 0 Å². The summed E-state index contributed by atoms with van der Waals surface area (Å²) >= 11 is 0. The molecule has 2 aromatic rings. The van der Waals surface area contributed by atoms with Crippen molar-refractivity contribution in [1.82, 2.24) is 10.2 Å². The first-order valence-corrected chi connectivity index (χ1v) is 9.43. The minimum absolute atomic E-state index is 0.0851. The summed E-state index contributed by atoms with van der Waals surface area (Å²) in [6, 6.07) is 12.9. The molecule has 6 nitrogen and oxygen atoms in total. The molecule has 154 valence electrons. The van der Waals surface area contributed by atoms with Crippen molar-refractivity contribution in [3.63, 3.8) is 0 Å². The Balaban J connectivity index is 1.93. The van der Waals surface area contributed by atoms with E-state index in [1.54, 1.807) is 18.2 Å². The van der Waals surface area contributed by atoms with Crippen molar-refractivity contribution in [2.45, 2.75) is 20.8 Å². The molecule has 2 aromatic carbocycles. The van der Waals surface area contributed by atoms with Gasteiger partial charge < -0.3 is 15.5 Å². The van der Waals surface area contributed by atoms with Crippen LogP contribution in [0, 0.1) is 18.7 Å². The van der Waals surface area contributed by atoms with Gasteiger partial charge in [-0.1, -0.05) is 43.7 Å². The predicted octanol–water partition coefficient (Wildman–Crippen LogP) is 2.99. The largest absolute Gasteiger partial charge is 0.345 e. The molecule has 0 fully saturated rings. The number of rotatable bonds is 8. The van der Waals surface area contributed by atoms with Gasteiger partial charge in [-0.2, -0.15) is 0 Å². The Bertz CT molecular complexity index is 866. The molecule has 0 radical (unpaired) electrons. The van der Waals surface area contributed by atoms with E-state index in [-0.39, 0.29) is 37.0 Å². The van der Waals surface area contributed by atoms with Crippen LogP contribution < -0.4 is 10.6 Å². The zero-order valence-electron chi connectivity index (χ0n) is 16.9. The number of carbonyl (C=O) groups excluding carboxylic acids is 3. The summed E-state index contributed by atoms with van der Waals surface area (Å²) in [7, 11) is 0. The van der Waals surface area contributed by atoms with Crippen LogP contribution in [0.5, 0.6) is 0 Å². The SMILES string of the molecule is Cc1ccc(NC(=O)CNC(=O)CN(CC(C)C)C(=O)c2ccccc2F)cc1. The normalized spacial score (nSPS) is 10.5. The van der Waals surface area contributed by atoms with Gasteiger partial charge in [-0.15, -0.1) is 0 Å². The second-order valence-corrected chi connectivity index (χ2v) is 7.25. The molecule has 0 spiro atoms. The number of hydrogen-bond donors (Lipinski definition) is 2. The van der Waals surface area contributed by atoms with Gasteiger partial charge in [0, 0.05) is 12.2 Å². The molecular formula is C22H26FN3O3. The Morgan fingerprint density at radius 1 is 1.00 bits per heavy atom. The third kappa shape index (κ3) is 7.03. The Hall–Kier alpha value is -3.22. The summed E-state index contributed by atoms with van der Waals surface area (Å²) in [6.45, 7) is 5.54. The highest BCUT2D eigenvalue weighted by Gasteiger charge is 2.22. The van der Waals surface area contributed by atoms with Crippen molar-refractivity contribution in [2.24, 2.45) is 5.92 Å². The Kier molecular flexibility index (Phi) is 7.88. The fraction of sp³-hybridized carbons (Fsp3) is 0.318. The number of amides is 3. The maximum atomic E-state index is 14.0. The second-order valence-electron chi connectivity index (χ2n) is 7.25. The van der Waals surface area contributed by atoms with E-state index >= 15 is 0 Å². The van der Waals surface area contributed by atoms with Crippen LogP contribution in [0.15, 0.2) is 48.5 Å². The summed E-state index contributed by atoms with van der Waals surface area (Å²) in [5.74, 6) is -1.98. The van der Waals surface area contributed by atoms with Crippen LogP contribution in [0.4, 0.5) is 10.1 Å². The average molecular weight is 399 g/mol. The third-order valence-corrected chi connectivity index (χ3v) is 4.09. The Morgan fingerprint density at radius 3 is 2.28 bits per heavy atom. The first-order valence-electron chi connectivity index (χ1n) is 9.43. The standard InChI is InChI=1S/C22H26FN3O3/c1-15(2)13-26(22(29)18-6-4-5-7-19(18)23)14-21(28)24-12-20(27)25-17-10-8-16(3)9-11-17/h4-11,15H,12-14H2,1-3H3,(H,24,28)(H,25,27). The van der Waals surface area contributed by atoms with E-state index in [1.165, 1.54) is 23.1 Å². The van der Waals surface area contributed by atoms with Crippen LogP contribution in [-0.4, -0.2) is 42.3 Å². The first-order chi connectivity index (χ1) is 13.8. The predicted molar refractivity (Wildman–Crippen MR) is 110 cm³/mol. The molecule has 29 heavy (non-hydrogen) atoms. The second kappa shape index (κ2) is 10.4. The summed E-state index contributed by atoms with van der Waals surface area (Å²) in [5, 5.41) is 5.18. The number of carbonyl (C=O) groups is 3. The molecule has 2 N–H and O–H groups in total. The highest BCUT2D eigenvalue weighted by Crippen LogP contribution is 2.12. The molecule has 0 aliphatic carbocycles. The van der Waals surface area contributed by atoms with Crippen LogP contribution in [0.3, 0.4) is 0 Å². The van der Waals surface area contributed by atoms with E-state index in [9.17, 15) is 18.8 Å². The summed E-state index contributed by atoms with van der Waals surface area (Å²) in [6.07, 6.45) is 0. The number of halogens is 1. The molecule has 0 aliphatic heterocycles. The maximum Gasteiger partial charge on any atom is 0.257 e. The molecule has 0 unspecified atom stereocenters. The van der Waals surface area contributed by atoms with Crippen LogP contribution in [0.2, 0.25) is 0 Å². The van der Waals surface area contributed by atoms with Crippen LogP contribution >= 0.6 is 0 Å². The lowest BCUT2D eigenvalue weighted by Crippen LogP contribution is -2.44. The van der Waals surface area contributed by atoms with Crippen molar-refractivity contribution >= 4 is 23.4 Å². The van der Waals surface area contributed by atoms with Gasteiger partial charge in [-0.05, 0) is 37.1 Å².